The zero-order chi connectivity index (χ0) is 14.2. The van der Waals surface area contributed by atoms with Gasteiger partial charge in [0.05, 0.1) is 23.5 Å². The number of halogens is 4. The summed E-state index contributed by atoms with van der Waals surface area (Å²) in [5.74, 6) is 0.673. The summed E-state index contributed by atoms with van der Waals surface area (Å²) in [6, 6.07) is 4.79. The van der Waals surface area contributed by atoms with Gasteiger partial charge in [0.25, 0.3) is 0 Å². The summed E-state index contributed by atoms with van der Waals surface area (Å²) in [5, 5.41) is -0.610. The Bertz CT molecular complexity index is 592. The molecule has 3 nitrogen and oxygen atoms in total. The predicted octanol–water partition coefficient (Wildman–Crippen LogP) is 3.91. The second kappa shape index (κ2) is 4.92. The SMILES string of the molecule is COc1ccc2nc(C(C)Cl)n(CC(F)(F)F)c2c1. The highest BCUT2D eigenvalue weighted by molar-refractivity contribution is 6.20. The van der Waals surface area contributed by atoms with Crippen LogP contribution in [0.5, 0.6) is 5.75 Å². The molecule has 0 saturated heterocycles. The Morgan fingerprint density at radius 3 is 2.63 bits per heavy atom. The third-order valence-corrected chi connectivity index (χ3v) is 2.87. The first-order chi connectivity index (χ1) is 8.81. The minimum Gasteiger partial charge on any atom is -0.497 e. The number of ether oxygens (including phenoxy) is 1. The summed E-state index contributed by atoms with van der Waals surface area (Å²) >= 11 is 5.90. The lowest BCUT2D eigenvalue weighted by Gasteiger charge is -2.13. The molecule has 104 valence electrons. The van der Waals surface area contributed by atoms with Crippen LogP contribution in [0.1, 0.15) is 18.1 Å². The molecule has 1 aromatic heterocycles. The van der Waals surface area contributed by atoms with Crippen LogP contribution < -0.4 is 4.74 Å². The Morgan fingerprint density at radius 2 is 2.11 bits per heavy atom. The molecular formula is C12H12ClF3N2O. The number of aromatic nitrogens is 2. The fraction of sp³-hybridized carbons (Fsp3) is 0.417. The maximum Gasteiger partial charge on any atom is 0.406 e. The Hall–Kier alpha value is -1.43. The van der Waals surface area contributed by atoms with Crippen LogP contribution in [0.15, 0.2) is 18.2 Å². The first-order valence-corrected chi connectivity index (χ1v) is 6.00. The minimum atomic E-state index is -4.34. The van der Waals surface area contributed by atoms with Gasteiger partial charge in [-0.05, 0) is 19.1 Å². The van der Waals surface area contributed by atoms with Crippen molar-refractivity contribution in [3.63, 3.8) is 0 Å². The minimum absolute atomic E-state index is 0.197. The van der Waals surface area contributed by atoms with E-state index in [0.29, 0.717) is 16.8 Å². The number of benzene rings is 1. The second-order valence-electron chi connectivity index (χ2n) is 4.14. The van der Waals surface area contributed by atoms with E-state index in [1.54, 1.807) is 19.1 Å². The van der Waals surface area contributed by atoms with Crippen molar-refractivity contribution in [1.29, 1.82) is 0 Å². The van der Waals surface area contributed by atoms with Crippen molar-refractivity contribution in [2.75, 3.05) is 7.11 Å². The highest BCUT2D eigenvalue weighted by Gasteiger charge is 2.31. The molecule has 1 unspecified atom stereocenters. The van der Waals surface area contributed by atoms with Gasteiger partial charge >= 0.3 is 6.18 Å². The van der Waals surface area contributed by atoms with Gasteiger partial charge in [0.15, 0.2) is 0 Å². The number of methoxy groups -OCH3 is 1. The van der Waals surface area contributed by atoms with Gasteiger partial charge in [-0.25, -0.2) is 4.98 Å². The zero-order valence-electron chi connectivity index (χ0n) is 10.3. The average molecular weight is 293 g/mol. The van der Waals surface area contributed by atoms with Crippen LogP contribution in [-0.4, -0.2) is 22.8 Å². The smallest absolute Gasteiger partial charge is 0.406 e. The van der Waals surface area contributed by atoms with E-state index in [2.05, 4.69) is 4.98 Å². The van der Waals surface area contributed by atoms with Crippen LogP contribution in [-0.2, 0) is 6.54 Å². The standard InChI is InChI=1S/C12H12ClF3N2O/c1-7(13)11-17-9-4-3-8(19-2)5-10(9)18(11)6-12(14,15)16/h3-5,7H,6H2,1-2H3. The molecule has 0 spiro atoms. The lowest BCUT2D eigenvalue weighted by atomic mass is 10.3. The van der Waals surface area contributed by atoms with Crippen molar-refractivity contribution in [3.05, 3.63) is 24.0 Å². The molecule has 7 heteroatoms. The van der Waals surface area contributed by atoms with Gasteiger partial charge in [-0.15, -0.1) is 11.6 Å². The number of imidazole rings is 1. The summed E-state index contributed by atoms with van der Waals surface area (Å²) in [6.45, 7) is 0.468. The van der Waals surface area contributed by atoms with Gasteiger partial charge < -0.3 is 9.30 Å². The average Bonchev–Trinajstić information content (AvgIpc) is 2.65. The normalized spacial score (nSPS) is 13.8. The first-order valence-electron chi connectivity index (χ1n) is 5.57. The molecular weight excluding hydrogens is 281 g/mol. The highest BCUT2D eigenvalue weighted by Crippen LogP contribution is 2.30. The van der Waals surface area contributed by atoms with Gasteiger partial charge in [0.1, 0.15) is 18.1 Å². The van der Waals surface area contributed by atoms with E-state index in [1.165, 1.54) is 13.2 Å². The molecule has 0 amide bonds. The molecule has 2 aromatic rings. The summed E-state index contributed by atoms with van der Waals surface area (Å²) in [4.78, 5) is 4.15. The number of fused-ring (bicyclic) bond motifs is 1. The fourth-order valence-corrected chi connectivity index (χ4v) is 2.06. The number of rotatable bonds is 3. The maximum absolute atomic E-state index is 12.6. The monoisotopic (exact) mass is 292 g/mol. The lowest BCUT2D eigenvalue weighted by molar-refractivity contribution is -0.140. The first kappa shape index (κ1) is 14.0. The van der Waals surface area contributed by atoms with Gasteiger partial charge in [0.2, 0.25) is 0 Å². The largest absolute Gasteiger partial charge is 0.497 e. The van der Waals surface area contributed by atoms with Gasteiger partial charge in [-0.1, -0.05) is 0 Å². The Balaban J connectivity index is 2.63. The van der Waals surface area contributed by atoms with E-state index < -0.39 is 18.1 Å². The number of nitrogens with zero attached hydrogens (tertiary/aromatic N) is 2. The van der Waals surface area contributed by atoms with E-state index in [1.807, 2.05) is 0 Å². The Morgan fingerprint density at radius 1 is 1.42 bits per heavy atom. The van der Waals surface area contributed by atoms with Gasteiger partial charge in [-0.2, -0.15) is 13.2 Å². The molecule has 0 saturated carbocycles. The van der Waals surface area contributed by atoms with Crippen LogP contribution >= 0.6 is 11.6 Å². The molecule has 1 heterocycles. The second-order valence-corrected chi connectivity index (χ2v) is 4.80. The summed E-state index contributed by atoms with van der Waals surface area (Å²) in [7, 11) is 1.46. The molecule has 0 bridgehead atoms. The van der Waals surface area contributed by atoms with Crippen molar-refractivity contribution in [2.45, 2.75) is 25.0 Å². The third-order valence-electron chi connectivity index (χ3n) is 2.68. The van der Waals surface area contributed by atoms with E-state index >= 15 is 0 Å². The lowest BCUT2D eigenvalue weighted by Crippen LogP contribution is -2.19. The Kier molecular flexibility index (Phi) is 3.62. The molecule has 0 aliphatic rings. The Labute approximate surface area is 112 Å². The van der Waals surface area contributed by atoms with Gasteiger partial charge in [0, 0.05) is 6.07 Å². The van der Waals surface area contributed by atoms with E-state index in [4.69, 9.17) is 16.3 Å². The van der Waals surface area contributed by atoms with Crippen molar-refractivity contribution in [1.82, 2.24) is 9.55 Å². The molecule has 1 atom stereocenters. The number of alkyl halides is 4. The topological polar surface area (TPSA) is 27.1 Å². The van der Waals surface area contributed by atoms with E-state index in [9.17, 15) is 13.2 Å². The van der Waals surface area contributed by atoms with E-state index in [-0.39, 0.29) is 5.82 Å². The quantitative estimate of drug-likeness (QED) is 0.802. The van der Waals surface area contributed by atoms with Crippen molar-refractivity contribution in [2.24, 2.45) is 0 Å². The van der Waals surface area contributed by atoms with Gasteiger partial charge in [-0.3, -0.25) is 0 Å². The zero-order valence-corrected chi connectivity index (χ0v) is 11.1. The molecule has 19 heavy (non-hydrogen) atoms. The molecule has 0 fully saturated rings. The van der Waals surface area contributed by atoms with Crippen LogP contribution in [0.2, 0.25) is 0 Å². The highest BCUT2D eigenvalue weighted by atomic mass is 35.5. The molecule has 0 aliphatic heterocycles. The fourth-order valence-electron chi connectivity index (χ4n) is 1.90. The van der Waals surface area contributed by atoms with Crippen molar-refractivity contribution in [3.8, 4) is 5.75 Å². The molecule has 0 N–H and O–H groups in total. The van der Waals surface area contributed by atoms with Crippen molar-refractivity contribution >= 4 is 22.6 Å². The molecule has 2 rings (SSSR count). The van der Waals surface area contributed by atoms with Crippen molar-refractivity contribution < 1.29 is 17.9 Å². The molecule has 0 radical (unpaired) electrons. The predicted molar refractivity (Wildman–Crippen MR) is 66.6 cm³/mol. The maximum atomic E-state index is 12.6. The van der Waals surface area contributed by atoms with Crippen LogP contribution in [0.3, 0.4) is 0 Å². The number of hydrogen-bond acceptors (Lipinski definition) is 2. The van der Waals surface area contributed by atoms with Crippen LogP contribution in [0, 0.1) is 0 Å². The third kappa shape index (κ3) is 2.94. The van der Waals surface area contributed by atoms with Crippen LogP contribution in [0.25, 0.3) is 11.0 Å². The summed E-state index contributed by atoms with van der Waals surface area (Å²) in [6.07, 6.45) is -4.34. The molecule has 1 aromatic carbocycles. The summed E-state index contributed by atoms with van der Waals surface area (Å²) < 4.78 is 44.0. The van der Waals surface area contributed by atoms with Crippen LogP contribution in [0.4, 0.5) is 13.2 Å². The van der Waals surface area contributed by atoms with E-state index in [0.717, 1.165) is 4.57 Å². The summed E-state index contributed by atoms with van der Waals surface area (Å²) in [5.41, 5.74) is 0.826. The molecule has 0 aliphatic carbocycles. The number of hydrogen-bond donors (Lipinski definition) is 0.